The van der Waals surface area contributed by atoms with Gasteiger partial charge in [-0.2, -0.15) is 0 Å². The Kier molecular flexibility index (Phi) is 4.91. The van der Waals surface area contributed by atoms with Gasteiger partial charge in [-0.15, -0.1) is 10.2 Å². The molecule has 6 nitrogen and oxygen atoms in total. The molecule has 0 aliphatic rings. The Morgan fingerprint density at radius 2 is 2.38 bits per heavy atom. The van der Waals surface area contributed by atoms with E-state index in [9.17, 15) is 4.79 Å². The van der Waals surface area contributed by atoms with Crippen molar-refractivity contribution in [2.24, 2.45) is 5.73 Å². The van der Waals surface area contributed by atoms with E-state index in [0.717, 1.165) is 18.8 Å². The molecule has 1 aromatic rings. The molecule has 1 amide bonds. The van der Waals surface area contributed by atoms with Crippen LogP contribution in [0.1, 0.15) is 32.5 Å². The van der Waals surface area contributed by atoms with Gasteiger partial charge >= 0.3 is 0 Å². The lowest BCUT2D eigenvalue weighted by Crippen LogP contribution is -2.40. The van der Waals surface area contributed by atoms with Crippen LogP contribution in [0.15, 0.2) is 6.33 Å². The van der Waals surface area contributed by atoms with Crippen molar-refractivity contribution >= 4 is 5.91 Å². The van der Waals surface area contributed by atoms with Crippen LogP contribution in [-0.2, 0) is 17.9 Å². The van der Waals surface area contributed by atoms with Crippen molar-refractivity contribution in [3.8, 4) is 0 Å². The summed E-state index contributed by atoms with van der Waals surface area (Å²) < 4.78 is 1.88. The Hall–Kier alpha value is -1.43. The summed E-state index contributed by atoms with van der Waals surface area (Å²) in [5.41, 5.74) is 5.68. The molecule has 0 aliphatic carbocycles. The lowest BCUT2D eigenvalue weighted by atomic mass is 10.2. The highest BCUT2D eigenvalue weighted by Crippen LogP contribution is 1.96. The van der Waals surface area contributed by atoms with Gasteiger partial charge in [0.15, 0.2) is 5.82 Å². The Balaban J connectivity index is 2.42. The third-order valence-electron chi connectivity index (χ3n) is 2.39. The molecular formula is C10H19N5O. The zero-order chi connectivity index (χ0) is 12.0. The minimum atomic E-state index is -0.428. The van der Waals surface area contributed by atoms with E-state index in [4.69, 9.17) is 5.73 Å². The van der Waals surface area contributed by atoms with Crippen LogP contribution >= 0.6 is 0 Å². The predicted molar refractivity (Wildman–Crippen MR) is 60.4 cm³/mol. The van der Waals surface area contributed by atoms with Crippen LogP contribution in [0.25, 0.3) is 0 Å². The largest absolute Gasteiger partial charge is 0.347 e. The maximum absolute atomic E-state index is 11.5. The molecule has 6 heteroatoms. The van der Waals surface area contributed by atoms with E-state index in [-0.39, 0.29) is 5.91 Å². The van der Waals surface area contributed by atoms with Crippen molar-refractivity contribution in [2.45, 2.75) is 45.8 Å². The number of nitrogens with one attached hydrogen (secondary N) is 1. The van der Waals surface area contributed by atoms with Crippen molar-refractivity contribution in [3.63, 3.8) is 0 Å². The second-order valence-corrected chi connectivity index (χ2v) is 3.65. The number of nitrogens with zero attached hydrogens (tertiary/aromatic N) is 3. The van der Waals surface area contributed by atoms with Gasteiger partial charge in [-0.1, -0.05) is 13.3 Å². The third kappa shape index (κ3) is 3.30. The Bertz CT molecular complexity index is 336. The molecule has 0 unspecified atom stereocenters. The molecule has 0 saturated heterocycles. The zero-order valence-electron chi connectivity index (χ0n) is 9.81. The molecule has 16 heavy (non-hydrogen) atoms. The van der Waals surface area contributed by atoms with Gasteiger partial charge in [0.25, 0.3) is 0 Å². The van der Waals surface area contributed by atoms with Gasteiger partial charge in [0, 0.05) is 6.54 Å². The minimum absolute atomic E-state index is 0.132. The smallest absolute Gasteiger partial charge is 0.237 e. The van der Waals surface area contributed by atoms with Crippen molar-refractivity contribution in [1.29, 1.82) is 0 Å². The zero-order valence-corrected chi connectivity index (χ0v) is 9.81. The summed E-state index contributed by atoms with van der Waals surface area (Å²) in [6.07, 6.45) is 3.25. The molecular weight excluding hydrogens is 206 g/mol. The van der Waals surface area contributed by atoms with Crippen LogP contribution in [0.3, 0.4) is 0 Å². The number of amides is 1. The van der Waals surface area contributed by atoms with Crippen LogP contribution in [-0.4, -0.2) is 26.7 Å². The van der Waals surface area contributed by atoms with E-state index in [1.54, 1.807) is 6.33 Å². The summed E-state index contributed by atoms with van der Waals surface area (Å²) in [6.45, 7) is 5.17. The first-order valence-electron chi connectivity index (χ1n) is 5.59. The number of carbonyl (C=O) groups excluding carboxylic acids is 1. The van der Waals surface area contributed by atoms with E-state index in [1.807, 2.05) is 18.4 Å². The highest BCUT2D eigenvalue weighted by molar-refractivity contribution is 5.81. The lowest BCUT2D eigenvalue weighted by molar-refractivity contribution is -0.122. The maximum atomic E-state index is 11.5. The number of aryl methyl sites for hydroxylation is 1. The molecule has 0 saturated carbocycles. The SMILES string of the molecule is CCC[C@@H](N)C(=O)NCc1nncn1CC. The van der Waals surface area contributed by atoms with E-state index < -0.39 is 6.04 Å². The normalized spacial score (nSPS) is 12.4. The molecule has 1 aromatic heterocycles. The highest BCUT2D eigenvalue weighted by Gasteiger charge is 2.12. The van der Waals surface area contributed by atoms with Gasteiger partial charge < -0.3 is 15.6 Å². The molecule has 0 radical (unpaired) electrons. The highest BCUT2D eigenvalue weighted by atomic mass is 16.2. The van der Waals surface area contributed by atoms with E-state index in [1.165, 1.54) is 0 Å². The quantitative estimate of drug-likeness (QED) is 0.716. The van der Waals surface area contributed by atoms with E-state index in [0.29, 0.717) is 13.0 Å². The summed E-state index contributed by atoms with van der Waals surface area (Å²) in [6, 6.07) is -0.428. The van der Waals surface area contributed by atoms with Gasteiger partial charge in [0.05, 0.1) is 12.6 Å². The van der Waals surface area contributed by atoms with Gasteiger partial charge in [-0.25, -0.2) is 0 Å². The fourth-order valence-corrected chi connectivity index (χ4v) is 1.42. The average Bonchev–Trinajstić information content (AvgIpc) is 2.73. The fraction of sp³-hybridized carbons (Fsp3) is 0.700. The lowest BCUT2D eigenvalue weighted by Gasteiger charge is -2.10. The van der Waals surface area contributed by atoms with Crippen molar-refractivity contribution in [1.82, 2.24) is 20.1 Å². The van der Waals surface area contributed by atoms with E-state index in [2.05, 4.69) is 15.5 Å². The summed E-state index contributed by atoms with van der Waals surface area (Å²) >= 11 is 0. The van der Waals surface area contributed by atoms with Gasteiger partial charge in [-0.3, -0.25) is 4.79 Å². The molecule has 0 aromatic carbocycles. The second kappa shape index (κ2) is 6.22. The topological polar surface area (TPSA) is 85.8 Å². The monoisotopic (exact) mass is 225 g/mol. The molecule has 1 heterocycles. The summed E-state index contributed by atoms with van der Waals surface area (Å²) in [4.78, 5) is 11.5. The molecule has 0 fully saturated rings. The first-order valence-corrected chi connectivity index (χ1v) is 5.59. The average molecular weight is 225 g/mol. The van der Waals surface area contributed by atoms with E-state index >= 15 is 0 Å². The number of hydrogen-bond acceptors (Lipinski definition) is 4. The Morgan fingerprint density at radius 3 is 3.00 bits per heavy atom. The molecule has 1 atom stereocenters. The molecule has 0 aliphatic heterocycles. The number of aromatic nitrogens is 3. The molecule has 1 rings (SSSR count). The molecule has 0 spiro atoms. The molecule has 3 N–H and O–H groups in total. The molecule has 0 bridgehead atoms. The number of rotatable bonds is 6. The summed E-state index contributed by atoms with van der Waals surface area (Å²) in [5.74, 6) is 0.618. The van der Waals surface area contributed by atoms with Crippen LogP contribution in [0.4, 0.5) is 0 Å². The Morgan fingerprint density at radius 1 is 1.62 bits per heavy atom. The first-order chi connectivity index (χ1) is 7.69. The van der Waals surface area contributed by atoms with Crippen LogP contribution in [0.2, 0.25) is 0 Å². The van der Waals surface area contributed by atoms with Crippen LogP contribution < -0.4 is 11.1 Å². The third-order valence-corrected chi connectivity index (χ3v) is 2.39. The maximum Gasteiger partial charge on any atom is 0.237 e. The molecule has 90 valence electrons. The first kappa shape index (κ1) is 12.6. The summed E-state index contributed by atoms with van der Waals surface area (Å²) in [7, 11) is 0. The van der Waals surface area contributed by atoms with Gasteiger partial charge in [0.1, 0.15) is 6.33 Å². The second-order valence-electron chi connectivity index (χ2n) is 3.65. The number of hydrogen-bond donors (Lipinski definition) is 2. The summed E-state index contributed by atoms with van der Waals surface area (Å²) in [5, 5.41) is 10.5. The van der Waals surface area contributed by atoms with Gasteiger partial charge in [0.2, 0.25) is 5.91 Å². The predicted octanol–water partition coefficient (Wildman–Crippen LogP) is 0.0416. The Labute approximate surface area is 95.2 Å². The van der Waals surface area contributed by atoms with Gasteiger partial charge in [-0.05, 0) is 13.3 Å². The van der Waals surface area contributed by atoms with Crippen molar-refractivity contribution in [3.05, 3.63) is 12.2 Å². The van der Waals surface area contributed by atoms with Crippen LogP contribution in [0.5, 0.6) is 0 Å². The number of nitrogens with two attached hydrogens (primary N) is 1. The minimum Gasteiger partial charge on any atom is -0.347 e. The van der Waals surface area contributed by atoms with Crippen molar-refractivity contribution in [2.75, 3.05) is 0 Å². The number of carbonyl (C=O) groups is 1. The van der Waals surface area contributed by atoms with Crippen LogP contribution in [0, 0.1) is 0 Å². The van der Waals surface area contributed by atoms with Crippen molar-refractivity contribution < 1.29 is 4.79 Å². The fourth-order valence-electron chi connectivity index (χ4n) is 1.42. The standard InChI is InChI=1S/C10H19N5O/c1-3-5-8(11)10(16)12-6-9-14-13-7-15(9)4-2/h7-8H,3-6,11H2,1-2H3,(H,12,16)/t8-/m1/s1.